The molecule has 1 aliphatic heterocycles. The molecule has 0 spiro atoms. The number of halogens is 1. The maximum atomic E-state index is 10.1. The third-order valence-electron chi connectivity index (χ3n) is 3.20. The standard InChI is InChI=1S/C11H12BrN5O3/c12-2-1-5-7(18)8(19)11(20-5)17-4-16-6-9(13)14-3-15-10(6)17/h1-5,7-8,11,18-19H,(H2,13,14,15)/b2-1-/t5-,7+,8+,11-/m1/s1. The second kappa shape index (κ2) is 5.09. The van der Waals surface area contributed by atoms with E-state index in [0.29, 0.717) is 11.2 Å². The van der Waals surface area contributed by atoms with Crippen LogP contribution in [0.3, 0.4) is 0 Å². The number of ether oxygens (including phenoxy) is 1. The predicted octanol–water partition coefficient (Wildman–Crippen LogP) is -0.0637. The van der Waals surface area contributed by atoms with E-state index >= 15 is 0 Å². The molecule has 3 rings (SSSR count). The smallest absolute Gasteiger partial charge is 0.167 e. The second-order valence-electron chi connectivity index (χ2n) is 4.37. The fourth-order valence-corrected chi connectivity index (χ4v) is 2.50. The van der Waals surface area contributed by atoms with Gasteiger partial charge in [-0.15, -0.1) is 0 Å². The summed E-state index contributed by atoms with van der Waals surface area (Å²) in [5.74, 6) is 0.249. The molecule has 8 nitrogen and oxygen atoms in total. The van der Waals surface area contributed by atoms with Gasteiger partial charge < -0.3 is 20.7 Å². The van der Waals surface area contributed by atoms with Crippen molar-refractivity contribution < 1.29 is 14.9 Å². The molecule has 1 aliphatic rings. The Morgan fingerprint density at radius 3 is 2.85 bits per heavy atom. The summed E-state index contributed by atoms with van der Waals surface area (Å²) in [6.45, 7) is 0. The van der Waals surface area contributed by atoms with Gasteiger partial charge in [0.25, 0.3) is 0 Å². The summed E-state index contributed by atoms with van der Waals surface area (Å²) < 4.78 is 7.15. The number of anilines is 1. The quantitative estimate of drug-likeness (QED) is 0.699. The first kappa shape index (κ1) is 13.4. The zero-order chi connectivity index (χ0) is 14.3. The summed E-state index contributed by atoms with van der Waals surface area (Å²) in [4.78, 5) is 13.6. The van der Waals surface area contributed by atoms with E-state index in [9.17, 15) is 10.2 Å². The summed E-state index contributed by atoms with van der Waals surface area (Å²) in [6, 6.07) is 0. The van der Waals surface area contributed by atoms with Crippen LogP contribution in [0.2, 0.25) is 0 Å². The minimum absolute atomic E-state index is 0.249. The molecule has 0 radical (unpaired) electrons. The lowest BCUT2D eigenvalue weighted by molar-refractivity contribution is -0.0244. The van der Waals surface area contributed by atoms with Crippen LogP contribution in [0.1, 0.15) is 6.23 Å². The first-order valence-corrected chi connectivity index (χ1v) is 6.76. The molecule has 20 heavy (non-hydrogen) atoms. The van der Waals surface area contributed by atoms with Crippen LogP contribution in [0.15, 0.2) is 23.7 Å². The number of rotatable bonds is 2. The third kappa shape index (κ3) is 1.99. The number of imidazole rings is 1. The van der Waals surface area contributed by atoms with E-state index < -0.39 is 24.5 Å². The van der Waals surface area contributed by atoms with Gasteiger partial charge in [-0.05, 0) is 11.1 Å². The van der Waals surface area contributed by atoms with Gasteiger partial charge in [-0.1, -0.05) is 15.9 Å². The molecule has 3 heterocycles. The Balaban J connectivity index is 2.02. The fourth-order valence-electron chi connectivity index (χ4n) is 2.20. The molecule has 0 unspecified atom stereocenters. The highest BCUT2D eigenvalue weighted by atomic mass is 79.9. The summed E-state index contributed by atoms with van der Waals surface area (Å²) in [5.41, 5.74) is 6.58. The van der Waals surface area contributed by atoms with Gasteiger partial charge in [0.1, 0.15) is 30.2 Å². The molecule has 1 fully saturated rings. The minimum atomic E-state index is -1.10. The maximum Gasteiger partial charge on any atom is 0.167 e. The van der Waals surface area contributed by atoms with Crippen molar-refractivity contribution in [2.45, 2.75) is 24.5 Å². The summed E-state index contributed by atoms with van der Waals surface area (Å²) in [5, 5.41) is 20.1. The van der Waals surface area contributed by atoms with Crippen molar-refractivity contribution >= 4 is 32.9 Å². The van der Waals surface area contributed by atoms with Gasteiger partial charge in [0.15, 0.2) is 17.7 Å². The average Bonchev–Trinajstić information content (AvgIpc) is 2.97. The van der Waals surface area contributed by atoms with E-state index in [1.165, 1.54) is 17.2 Å². The SMILES string of the molecule is Nc1ncnc2c1ncn2[C@@H]1O[C@H](/C=C\Br)[C@H](O)[C@@H]1O. The van der Waals surface area contributed by atoms with Gasteiger partial charge in [-0.2, -0.15) is 0 Å². The number of hydrogen-bond donors (Lipinski definition) is 3. The Morgan fingerprint density at radius 1 is 1.30 bits per heavy atom. The fraction of sp³-hybridized carbons (Fsp3) is 0.364. The number of aliphatic hydroxyl groups is 2. The molecule has 2 aromatic rings. The van der Waals surface area contributed by atoms with Gasteiger partial charge in [0.2, 0.25) is 0 Å². The van der Waals surface area contributed by atoms with Crippen LogP contribution in [-0.4, -0.2) is 48.0 Å². The number of aliphatic hydroxyl groups excluding tert-OH is 2. The van der Waals surface area contributed by atoms with Gasteiger partial charge >= 0.3 is 0 Å². The molecule has 4 atom stereocenters. The van der Waals surface area contributed by atoms with Crippen molar-refractivity contribution in [2.75, 3.05) is 5.73 Å². The number of nitrogens with zero attached hydrogens (tertiary/aromatic N) is 4. The Bertz CT molecular complexity index is 661. The van der Waals surface area contributed by atoms with Crippen molar-refractivity contribution in [3.63, 3.8) is 0 Å². The maximum absolute atomic E-state index is 10.1. The molecule has 0 bridgehead atoms. The largest absolute Gasteiger partial charge is 0.387 e. The molecule has 0 aromatic carbocycles. The topological polar surface area (TPSA) is 119 Å². The van der Waals surface area contributed by atoms with Crippen LogP contribution in [0, 0.1) is 0 Å². The van der Waals surface area contributed by atoms with Crippen molar-refractivity contribution in [2.24, 2.45) is 0 Å². The number of nitrogens with two attached hydrogens (primary N) is 1. The molecule has 9 heteroatoms. The zero-order valence-corrected chi connectivity index (χ0v) is 11.8. The normalized spacial score (nSPS) is 30.6. The molecule has 106 valence electrons. The number of fused-ring (bicyclic) bond motifs is 1. The number of hydrogen-bond acceptors (Lipinski definition) is 7. The van der Waals surface area contributed by atoms with Crippen molar-refractivity contribution in [3.8, 4) is 0 Å². The monoisotopic (exact) mass is 341 g/mol. The summed E-state index contributed by atoms with van der Waals surface area (Å²) in [7, 11) is 0. The van der Waals surface area contributed by atoms with E-state index in [2.05, 4.69) is 30.9 Å². The van der Waals surface area contributed by atoms with Crippen LogP contribution in [0.5, 0.6) is 0 Å². The molecule has 4 N–H and O–H groups in total. The van der Waals surface area contributed by atoms with Crippen molar-refractivity contribution in [1.29, 1.82) is 0 Å². The average molecular weight is 342 g/mol. The molecule has 2 aromatic heterocycles. The van der Waals surface area contributed by atoms with Crippen LogP contribution < -0.4 is 5.73 Å². The highest BCUT2D eigenvalue weighted by Crippen LogP contribution is 2.32. The lowest BCUT2D eigenvalue weighted by Crippen LogP contribution is -2.30. The second-order valence-corrected chi connectivity index (χ2v) is 4.90. The van der Waals surface area contributed by atoms with Crippen LogP contribution >= 0.6 is 15.9 Å². The van der Waals surface area contributed by atoms with Crippen molar-refractivity contribution in [3.05, 3.63) is 23.7 Å². The molecular formula is C11H12BrN5O3. The van der Waals surface area contributed by atoms with E-state index in [1.807, 2.05) is 0 Å². The molecule has 0 aliphatic carbocycles. The van der Waals surface area contributed by atoms with Gasteiger partial charge in [0, 0.05) is 0 Å². The molecule has 1 saturated heterocycles. The van der Waals surface area contributed by atoms with E-state index in [0.717, 1.165) is 0 Å². The van der Waals surface area contributed by atoms with Crippen molar-refractivity contribution in [1.82, 2.24) is 19.5 Å². The lowest BCUT2D eigenvalue weighted by atomic mass is 10.1. The Labute approximate surface area is 122 Å². The molecular weight excluding hydrogens is 330 g/mol. The van der Waals surface area contributed by atoms with E-state index in [4.69, 9.17) is 10.5 Å². The predicted molar refractivity (Wildman–Crippen MR) is 73.7 cm³/mol. The Morgan fingerprint density at radius 2 is 2.10 bits per heavy atom. The van der Waals surface area contributed by atoms with E-state index in [-0.39, 0.29) is 5.82 Å². The van der Waals surface area contributed by atoms with Gasteiger partial charge in [-0.25, -0.2) is 15.0 Å². The third-order valence-corrected chi connectivity index (χ3v) is 3.50. The summed E-state index contributed by atoms with van der Waals surface area (Å²) in [6.07, 6.45) is 0.822. The van der Waals surface area contributed by atoms with Gasteiger partial charge in [-0.3, -0.25) is 4.57 Å². The zero-order valence-electron chi connectivity index (χ0n) is 10.2. The number of nitrogen functional groups attached to an aromatic ring is 1. The van der Waals surface area contributed by atoms with Gasteiger partial charge in [0.05, 0.1) is 6.33 Å². The Hall–Kier alpha value is -1.55. The van der Waals surface area contributed by atoms with Crippen LogP contribution in [-0.2, 0) is 4.74 Å². The first-order valence-electron chi connectivity index (χ1n) is 5.85. The van der Waals surface area contributed by atoms with E-state index in [1.54, 1.807) is 11.1 Å². The highest BCUT2D eigenvalue weighted by molar-refractivity contribution is 9.11. The summed E-state index contributed by atoms with van der Waals surface area (Å²) >= 11 is 3.12. The molecule has 0 saturated carbocycles. The lowest BCUT2D eigenvalue weighted by Gasteiger charge is -2.16. The molecule has 0 amide bonds. The number of aromatic nitrogens is 4. The van der Waals surface area contributed by atoms with Crippen LogP contribution in [0.25, 0.3) is 11.2 Å². The first-order chi connectivity index (χ1) is 9.63. The van der Waals surface area contributed by atoms with Crippen LogP contribution in [0.4, 0.5) is 5.82 Å². The Kier molecular flexibility index (Phi) is 3.42. The highest BCUT2D eigenvalue weighted by Gasteiger charge is 2.43. The minimum Gasteiger partial charge on any atom is -0.387 e.